The predicted octanol–water partition coefficient (Wildman–Crippen LogP) is 2.84. The molecule has 0 bridgehead atoms. The van der Waals surface area contributed by atoms with E-state index in [1.165, 1.54) is 6.20 Å². The summed E-state index contributed by atoms with van der Waals surface area (Å²) in [5, 5.41) is 14.7. The van der Waals surface area contributed by atoms with Gasteiger partial charge in [-0.05, 0) is 37.1 Å². The van der Waals surface area contributed by atoms with Crippen molar-refractivity contribution in [2.24, 2.45) is 0 Å². The number of benzene rings is 1. The molecular formula is C18H25N3O3. The number of carbonyl (C=O) groups is 1. The molecule has 2 N–H and O–H groups in total. The average molecular weight is 331 g/mol. The second-order valence-corrected chi connectivity index (χ2v) is 5.12. The van der Waals surface area contributed by atoms with Crippen LogP contribution in [-0.4, -0.2) is 32.8 Å². The Kier molecular flexibility index (Phi) is 9.74. The van der Waals surface area contributed by atoms with Crippen molar-refractivity contribution in [2.75, 3.05) is 32.2 Å². The van der Waals surface area contributed by atoms with Crippen molar-refractivity contribution in [1.82, 2.24) is 5.32 Å². The molecule has 1 amide bonds. The highest BCUT2D eigenvalue weighted by atomic mass is 16.5. The molecular weight excluding hydrogens is 306 g/mol. The van der Waals surface area contributed by atoms with E-state index in [4.69, 9.17) is 14.7 Å². The highest BCUT2D eigenvalue weighted by Gasteiger charge is 2.07. The molecule has 0 aliphatic rings. The molecule has 0 spiro atoms. The van der Waals surface area contributed by atoms with Crippen LogP contribution in [0, 0.1) is 11.3 Å². The van der Waals surface area contributed by atoms with E-state index in [2.05, 4.69) is 17.6 Å². The topological polar surface area (TPSA) is 83.4 Å². The van der Waals surface area contributed by atoms with Gasteiger partial charge in [0.2, 0.25) is 0 Å². The SMILES string of the molecule is CCCCOCCCNC(=O)/C(C#N)=C\Nc1ccc(OC)cc1. The number of rotatable bonds is 11. The minimum Gasteiger partial charge on any atom is -0.497 e. The number of methoxy groups -OCH3 is 1. The smallest absolute Gasteiger partial charge is 0.263 e. The molecule has 0 radical (unpaired) electrons. The molecule has 0 aliphatic heterocycles. The number of unbranched alkanes of at least 4 members (excludes halogenated alkanes) is 1. The predicted molar refractivity (Wildman–Crippen MR) is 93.7 cm³/mol. The van der Waals surface area contributed by atoms with Crippen molar-refractivity contribution in [3.63, 3.8) is 0 Å². The normalized spacial score (nSPS) is 10.8. The summed E-state index contributed by atoms with van der Waals surface area (Å²) in [4.78, 5) is 11.9. The largest absolute Gasteiger partial charge is 0.497 e. The lowest BCUT2D eigenvalue weighted by molar-refractivity contribution is -0.117. The summed E-state index contributed by atoms with van der Waals surface area (Å²) in [5.41, 5.74) is 0.790. The van der Waals surface area contributed by atoms with E-state index in [0.29, 0.717) is 13.2 Å². The van der Waals surface area contributed by atoms with E-state index in [1.54, 1.807) is 31.4 Å². The van der Waals surface area contributed by atoms with Crippen molar-refractivity contribution in [1.29, 1.82) is 5.26 Å². The molecule has 1 aromatic rings. The molecule has 1 rings (SSSR count). The van der Waals surface area contributed by atoms with Gasteiger partial charge >= 0.3 is 0 Å². The first-order valence-corrected chi connectivity index (χ1v) is 8.08. The minimum absolute atomic E-state index is 0.0257. The maximum atomic E-state index is 11.9. The number of ether oxygens (including phenoxy) is 2. The van der Waals surface area contributed by atoms with E-state index >= 15 is 0 Å². The molecule has 130 valence electrons. The number of hydrogen-bond acceptors (Lipinski definition) is 5. The van der Waals surface area contributed by atoms with Crippen LogP contribution in [0.5, 0.6) is 5.75 Å². The van der Waals surface area contributed by atoms with Crippen LogP contribution < -0.4 is 15.4 Å². The lowest BCUT2D eigenvalue weighted by Gasteiger charge is -2.06. The van der Waals surface area contributed by atoms with Gasteiger partial charge in [0.25, 0.3) is 5.91 Å². The Morgan fingerprint density at radius 3 is 2.58 bits per heavy atom. The van der Waals surface area contributed by atoms with Gasteiger partial charge in [0.1, 0.15) is 17.4 Å². The standard InChI is InChI=1S/C18H25N3O3/c1-3-4-11-24-12-5-10-20-18(22)15(13-19)14-21-16-6-8-17(23-2)9-7-16/h6-9,14,21H,3-5,10-12H2,1-2H3,(H,20,22)/b15-14-. The fourth-order valence-electron chi connectivity index (χ4n) is 1.81. The molecule has 24 heavy (non-hydrogen) atoms. The fourth-order valence-corrected chi connectivity index (χ4v) is 1.81. The van der Waals surface area contributed by atoms with E-state index in [1.807, 2.05) is 6.07 Å². The first kappa shape index (κ1) is 19.5. The van der Waals surface area contributed by atoms with Crippen LogP contribution in [0.3, 0.4) is 0 Å². The molecule has 0 unspecified atom stereocenters. The Balaban J connectivity index is 2.35. The summed E-state index contributed by atoms with van der Waals surface area (Å²) >= 11 is 0. The summed E-state index contributed by atoms with van der Waals surface area (Å²) in [6.07, 6.45) is 4.27. The van der Waals surface area contributed by atoms with Gasteiger partial charge in [-0.25, -0.2) is 0 Å². The van der Waals surface area contributed by atoms with Crippen LogP contribution in [-0.2, 0) is 9.53 Å². The molecule has 0 atom stereocenters. The van der Waals surface area contributed by atoms with Crippen molar-refractivity contribution < 1.29 is 14.3 Å². The third-order valence-electron chi connectivity index (χ3n) is 3.23. The summed E-state index contributed by atoms with van der Waals surface area (Å²) in [5.74, 6) is 0.344. The first-order valence-electron chi connectivity index (χ1n) is 8.08. The Morgan fingerprint density at radius 2 is 1.96 bits per heavy atom. The highest BCUT2D eigenvalue weighted by Crippen LogP contribution is 2.15. The number of nitrogens with one attached hydrogen (secondary N) is 2. The summed E-state index contributed by atoms with van der Waals surface area (Å²) in [6, 6.07) is 9.08. The Bertz CT molecular complexity index is 562. The number of nitriles is 1. The van der Waals surface area contributed by atoms with E-state index < -0.39 is 5.91 Å². The molecule has 0 heterocycles. The third kappa shape index (κ3) is 7.65. The fraction of sp³-hybridized carbons (Fsp3) is 0.444. The number of nitrogens with zero attached hydrogens (tertiary/aromatic N) is 1. The van der Waals surface area contributed by atoms with Crippen LogP contribution in [0.15, 0.2) is 36.0 Å². The van der Waals surface area contributed by atoms with Gasteiger partial charge in [-0.3, -0.25) is 4.79 Å². The van der Waals surface area contributed by atoms with E-state index in [0.717, 1.165) is 37.3 Å². The van der Waals surface area contributed by atoms with Crippen molar-refractivity contribution in [3.8, 4) is 11.8 Å². The Morgan fingerprint density at radius 1 is 1.25 bits per heavy atom. The Hall–Kier alpha value is -2.52. The average Bonchev–Trinajstić information content (AvgIpc) is 2.62. The molecule has 0 aromatic heterocycles. The lowest BCUT2D eigenvalue weighted by atomic mass is 10.2. The van der Waals surface area contributed by atoms with Crippen LogP contribution in [0.25, 0.3) is 0 Å². The van der Waals surface area contributed by atoms with E-state index in [-0.39, 0.29) is 5.57 Å². The molecule has 0 fully saturated rings. The zero-order valence-electron chi connectivity index (χ0n) is 14.3. The Labute approximate surface area is 143 Å². The molecule has 1 aromatic carbocycles. The highest BCUT2D eigenvalue weighted by molar-refractivity contribution is 5.97. The third-order valence-corrected chi connectivity index (χ3v) is 3.23. The number of carbonyl (C=O) groups excluding carboxylic acids is 1. The van der Waals surface area contributed by atoms with Gasteiger partial charge in [0.15, 0.2) is 0 Å². The summed E-state index contributed by atoms with van der Waals surface area (Å²) in [7, 11) is 1.59. The minimum atomic E-state index is -0.396. The quantitative estimate of drug-likeness (QED) is 0.370. The van der Waals surface area contributed by atoms with Crippen LogP contribution >= 0.6 is 0 Å². The zero-order chi connectivity index (χ0) is 17.6. The van der Waals surface area contributed by atoms with Crippen molar-refractivity contribution in [3.05, 3.63) is 36.0 Å². The van der Waals surface area contributed by atoms with Gasteiger partial charge in [-0.15, -0.1) is 0 Å². The maximum absolute atomic E-state index is 11.9. The second kappa shape index (κ2) is 12.0. The van der Waals surface area contributed by atoms with Gasteiger partial charge in [-0.2, -0.15) is 5.26 Å². The number of amides is 1. The van der Waals surface area contributed by atoms with Crippen molar-refractivity contribution >= 4 is 11.6 Å². The summed E-state index contributed by atoms with van der Waals surface area (Å²) < 4.78 is 10.5. The first-order chi connectivity index (χ1) is 11.7. The zero-order valence-corrected chi connectivity index (χ0v) is 14.3. The molecule has 6 nitrogen and oxygen atoms in total. The van der Waals surface area contributed by atoms with Gasteiger partial charge < -0.3 is 20.1 Å². The lowest BCUT2D eigenvalue weighted by Crippen LogP contribution is -2.26. The second-order valence-electron chi connectivity index (χ2n) is 5.12. The number of anilines is 1. The van der Waals surface area contributed by atoms with Crippen LogP contribution in [0.2, 0.25) is 0 Å². The molecule has 6 heteroatoms. The summed E-state index contributed by atoms with van der Waals surface area (Å²) in [6.45, 7) is 3.95. The van der Waals surface area contributed by atoms with Crippen LogP contribution in [0.4, 0.5) is 5.69 Å². The number of hydrogen-bond donors (Lipinski definition) is 2. The van der Waals surface area contributed by atoms with Gasteiger partial charge in [-0.1, -0.05) is 13.3 Å². The van der Waals surface area contributed by atoms with Gasteiger partial charge in [0.05, 0.1) is 7.11 Å². The molecule has 0 saturated heterocycles. The molecule has 0 aliphatic carbocycles. The van der Waals surface area contributed by atoms with Crippen molar-refractivity contribution in [2.45, 2.75) is 26.2 Å². The van der Waals surface area contributed by atoms with Crippen LogP contribution in [0.1, 0.15) is 26.2 Å². The van der Waals surface area contributed by atoms with E-state index in [9.17, 15) is 4.79 Å². The maximum Gasteiger partial charge on any atom is 0.263 e. The monoisotopic (exact) mass is 331 g/mol. The van der Waals surface area contributed by atoms with Gasteiger partial charge in [0, 0.05) is 31.6 Å². The molecule has 0 saturated carbocycles.